The lowest BCUT2D eigenvalue weighted by Crippen LogP contribution is -2.42. The van der Waals surface area contributed by atoms with Crippen molar-refractivity contribution in [1.82, 2.24) is 10.2 Å². The van der Waals surface area contributed by atoms with Gasteiger partial charge in [0.1, 0.15) is 11.8 Å². The summed E-state index contributed by atoms with van der Waals surface area (Å²) in [7, 11) is 0. The Morgan fingerprint density at radius 3 is 2.45 bits per heavy atom. The van der Waals surface area contributed by atoms with Crippen LogP contribution in [0.5, 0.6) is 0 Å². The van der Waals surface area contributed by atoms with Gasteiger partial charge in [-0.2, -0.15) is 0 Å². The Morgan fingerprint density at radius 1 is 0.947 bits per heavy atom. The van der Waals surface area contributed by atoms with Crippen molar-refractivity contribution in [2.24, 2.45) is 0 Å². The number of nitrogens with zero attached hydrogens (tertiary/aromatic N) is 1. The molecule has 8 heteroatoms. The maximum absolute atomic E-state index is 13.6. The first-order valence-electron chi connectivity index (χ1n) is 12.1. The van der Waals surface area contributed by atoms with Crippen LogP contribution in [-0.4, -0.2) is 22.6 Å². The molecule has 2 aromatic heterocycles. The molecule has 2 heterocycles. The Balaban J connectivity index is 1.60. The molecule has 4 rings (SSSR count). The smallest absolute Gasteiger partial charge is 0.248 e. The molecule has 0 fully saturated rings. The zero-order valence-electron chi connectivity index (χ0n) is 21.2. The highest BCUT2D eigenvalue weighted by atomic mass is 32.1. The van der Waals surface area contributed by atoms with Crippen LogP contribution in [0.25, 0.3) is 0 Å². The average molecular weight is 528 g/mol. The SMILES string of the molecule is Cc1ccc(C(C(=O)NCc2ccco2)N(Cc2cccs2)C(=O)C=CC(=O)Nc2cccc(C)c2)cc1. The number of anilines is 1. The van der Waals surface area contributed by atoms with Crippen molar-refractivity contribution in [1.29, 1.82) is 0 Å². The highest BCUT2D eigenvalue weighted by Crippen LogP contribution is 2.26. The number of hydrogen-bond donors (Lipinski definition) is 2. The molecule has 1 atom stereocenters. The second-order valence-electron chi connectivity index (χ2n) is 8.85. The first-order chi connectivity index (χ1) is 18.4. The molecule has 4 aromatic rings. The molecule has 0 bridgehead atoms. The molecule has 7 nitrogen and oxygen atoms in total. The molecule has 0 radical (unpaired) electrons. The van der Waals surface area contributed by atoms with E-state index in [0.29, 0.717) is 17.0 Å². The van der Waals surface area contributed by atoms with Crippen LogP contribution >= 0.6 is 11.3 Å². The molecule has 0 saturated heterocycles. The summed E-state index contributed by atoms with van der Waals surface area (Å²) >= 11 is 1.49. The Bertz CT molecular complexity index is 1390. The normalized spacial score (nSPS) is 11.7. The number of hydrogen-bond acceptors (Lipinski definition) is 5. The molecule has 0 aliphatic rings. The van der Waals surface area contributed by atoms with Crippen LogP contribution in [0.15, 0.2) is 101 Å². The van der Waals surface area contributed by atoms with Crippen molar-refractivity contribution in [3.05, 3.63) is 124 Å². The largest absolute Gasteiger partial charge is 0.467 e. The van der Waals surface area contributed by atoms with Crippen molar-refractivity contribution < 1.29 is 18.8 Å². The lowest BCUT2D eigenvalue weighted by atomic mass is 10.0. The van der Waals surface area contributed by atoms with E-state index in [0.717, 1.165) is 16.0 Å². The van der Waals surface area contributed by atoms with Gasteiger partial charge in [0.15, 0.2) is 0 Å². The predicted octanol–water partition coefficient (Wildman–Crippen LogP) is 5.54. The fourth-order valence-corrected chi connectivity index (χ4v) is 4.62. The molecule has 2 N–H and O–H groups in total. The van der Waals surface area contributed by atoms with Gasteiger partial charge in [-0.1, -0.05) is 48.0 Å². The van der Waals surface area contributed by atoms with Crippen LogP contribution in [-0.2, 0) is 27.5 Å². The number of furan rings is 1. The molecule has 3 amide bonds. The quantitative estimate of drug-likeness (QED) is 0.265. The van der Waals surface area contributed by atoms with Crippen LogP contribution in [0.4, 0.5) is 5.69 Å². The van der Waals surface area contributed by atoms with Gasteiger partial charge in [-0.05, 0) is 60.7 Å². The highest BCUT2D eigenvalue weighted by Gasteiger charge is 2.31. The fourth-order valence-electron chi connectivity index (χ4n) is 3.92. The van der Waals surface area contributed by atoms with Gasteiger partial charge in [-0.25, -0.2) is 0 Å². The third-order valence-corrected chi connectivity index (χ3v) is 6.68. The summed E-state index contributed by atoms with van der Waals surface area (Å²) in [5.41, 5.74) is 3.34. The van der Waals surface area contributed by atoms with E-state index in [1.54, 1.807) is 18.2 Å². The van der Waals surface area contributed by atoms with Gasteiger partial charge in [0, 0.05) is 22.7 Å². The number of carbonyl (C=O) groups excluding carboxylic acids is 3. The van der Waals surface area contributed by atoms with Crippen molar-refractivity contribution in [3.8, 4) is 0 Å². The third-order valence-electron chi connectivity index (χ3n) is 5.82. The fraction of sp³-hybridized carbons (Fsp3) is 0.167. The van der Waals surface area contributed by atoms with Crippen LogP contribution in [0.3, 0.4) is 0 Å². The molecular formula is C30H29N3O4S. The predicted molar refractivity (Wildman–Crippen MR) is 148 cm³/mol. The second kappa shape index (κ2) is 12.7. The standard InChI is InChI=1S/C30H29N3O4S/c1-21-10-12-23(13-11-21)29(30(36)31-19-25-8-4-16-37-25)33(20-26-9-5-17-38-26)28(35)15-14-27(34)32-24-7-3-6-22(2)18-24/h3-18,29H,19-20H2,1-2H3,(H,31,36)(H,32,34). The zero-order valence-corrected chi connectivity index (χ0v) is 22.0. The van der Waals surface area contributed by atoms with Crippen LogP contribution in [0.2, 0.25) is 0 Å². The molecule has 0 aliphatic heterocycles. The summed E-state index contributed by atoms with van der Waals surface area (Å²) in [6.07, 6.45) is 3.94. The van der Waals surface area contributed by atoms with E-state index >= 15 is 0 Å². The monoisotopic (exact) mass is 527 g/mol. The molecule has 194 valence electrons. The minimum atomic E-state index is -0.926. The minimum Gasteiger partial charge on any atom is -0.467 e. The summed E-state index contributed by atoms with van der Waals surface area (Å²) in [5, 5.41) is 7.57. The first-order valence-corrected chi connectivity index (χ1v) is 13.0. The van der Waals surface area contributed by atoms with Gasteiger partial charge < -0.3 is 20.0 Å². The Morgan fingerprint density at radius 2 is 1.76 bits per heavy atom. The van der Waals surface area contributed by atoms with Gasteiger partial charge in [-0.15, -0.1) is 11.3 Å². The molecular weight excluding hydrogens is 498 g/mol. The Hall–Kier alpha value is -4.43. The Kier molecular flexibility index (Phi) is 8.89. The lowest BCUT2D eigenvalue weighted by Gasteiger charge is -2.30. The van der Waals surface area contributed by atoms with Crippen molar-refractivity contribution >= 4 is 34.7 Å². The number of carbonyl (C=O) groups is 3. The summed E-state index contributed by atoms with van der Waals surface area (Å²) in [4.78, 5) is 42.1. The zero-order chi connectivity index (χ0) is 26.9. The summed E-state index contributed by atoms with van der Waals surface area (Å²) < 4.78 is 5.35. The number of rotatable bonds is 10. The van der Waals surface area contributed by atoms with Gasteiger partial charge in [0.2, 0.25) is 17.7 Å². The van der Waals surface area contributed by atoms with E-state index in [9.17, 15) is 14.4 Å². The number of aryl methyl sites for hydroxylation is 2. The molecule has 0 spiro atoms. The minimum absolute atomic E-state index is 0.184. The summed E-state index contributed by atoms with van der Waals surface area (Å²) in [6, 6.07) is 21.3. The van der Waals surface area contributed by atoms with Crippen molar-refractivity contribution in [2.45, 2.75) is 33.0 Å². The van der Waals surface area contributed by atoms with E-state index in [1.165, 1.54) is 34.7 Å². The molecule has 38 heavy (non-hydrogen) atoms. The number of nitrogens with one attached hydrogen (secondary N) is 2. The van der Waals surface area contributed by atoms with Gasteiger partial charge in [-0.3, -0.25) is 14.4 Å². The van der Waals surface area contributed by atoms with Crippen molar-refractivity contribution in [2.75, 3.05) is 5.32 Å². The molecule has 0 aliphatic carbocycles. The van der Waals surface area contributed by atoms with E-state index < -0.39 is 17.9 Å². The average Bonchev–Trinajstić information content (AvgIpc) is 3.61. The third kappa shape index (κ3) is 7.30. The Labute approximate surface area is 225 Å². The second-order valence-corrected chi connectivity index (χ2v) is 9.88. The number of amides is 3. The molecule has 0 saturated carbocycles. The summed E-state index contributed by atoms with van der Waals surface area (Å²) in [6.45, 7) is 4.27. The highest BCUT2D eigenvalue weighted by molar-refractivity contribution is 7.09. The van der Waals surface area contributed by atoms with E-state index in [1.807, 2.05) is 73.8 Å². The van der Waals surface area contributed by atoms with E-state index in [-0.39, 0.29) is 19.0 Å². The van der Waals surface area contributed by atoms with Crippen LogP contribution < -0.4 is 10.6 Å². The molecule has 1 unspecified atom stereocenters. The topological polar surface area (TPSA) is 91.7 Å². The van der Waals surface area contributed by atoms with Gasteiger partial charge in [0.05, 0.1) is 19.4 Å². The lowest BCUT2D eigenvalue weighted by molar-refractivity contribution is -0.138. The van der Waals surface area contributed by atoms with Crippen LogP contribution in [0.1, 0.15) is 33.4 Å². The van der Waals surface area contributed by atoms with Gasteiger partial charge >= 0.3 is 0 Å². The maximum Gasteiger partial charge on any atom is 0.248 e. The maximum atomic E-state index is 13.6. The number of benzene rings is 2. The van der Waals surface area contributed by atoms with E-state index in [4.69, 9.17) is 4.42 Å². The first kappa shape index (κ1) is 26.6. The van der Waals surface area contributed by atoms with Crippen LogP contribution in [0, 0.1) is 13.8 Å². The van der Waals surface area contributed by atoms with Gasteiger partial charge in [0.25, 0.3) is 0 Å². The van der Waals surface area contributed by atoms with Crippen molar-refractivity contribution in [3.63, 3.8) is 0 Å². The van der Waals surface area contributed by atoms with E-state index in [2.05, 4.69) is 10.6 Å². The molecule has 2 aromatic carbocycles. The summed E-state index contributed by atoms with van der Waals surface area (Å²) in [5.74, 6) is -0.650. The number of thiophene rings is 1.